The van der Waals surface area contributed by atoms with E-state index in [0.29, 0.717) is 18.7 Å². The molecule has 1 aliphatic heterocycles. The third-order valence-corrected chi connectivity index (χ3v) is 4.50. The maximum absolute atomic E-state index is 13.5. The molecule has 3 nitrogen and oxygen atoms in total. The molecule has 0 radical (unpaired) electrons. The van der Waals surface area contributed by atoms with E-state index in [1.54, 1.807) is 17.0 Å². The number of hydrogen-bond donors (Lipinski definition) is 0. The lowest BCUT2D eigenvalue weighted by Gasteiger charge is -2.42. The third kappa shape index (κ3) is 3.20. The van der Waals surface area contributed by atoms with Crippen molar-refractivity contribution >= 4 is 21.8 Å². The second-order valence-electron chi connectivity index (χ2n) is 6.05. The maximum atomic E-state index is 13.5. The van der Waals surface area contributed by atoms with Crippen LogP contribution in [0.4, 0.5) is 4.39 Å². The van der Waals surface area contributed by atoms with Gasteiger partial charge >= 0.3 is 0 Å². The van der Waals surface area contributed by atoms with Gasteiger partial charge in [0.1, 0.15) is 5.82 Å². The number of hydrogen-bond acceptors (Lipinski definition) is 2. The number of amides is 1. The van der Waals surface area contributed by atoms with E-state index in [0.717, 1.165) is 13.1 Å². The molecule has 0 atom stereocenters. The highest BCUT2D eigenvalue weighted by molar-refractivity contribution is 9.10. The summed E-state index contributed by atoms with van der Waals surface area (Å²) in [5.41, 5.74) is 0.517. The van der Waals surface area contributed by atoms with Crippen LogP contribution >= 0.6 is 15.9 Å². The number of carbonyl (C=O) groups is 1. The summed E-state index contributed by atoms with van der Waals surface area (Å²) in [6, 6.07) is 4.57. The van der Waals surface area contributed by atoms with Gasteiger partial charge in [-0.25, -0.2) is 4.39 Å². The molecule has 0 unspecified atom stereocenters. The lowest BCUT2D eigenvalue weighted by atomic mass is 10.0. The molecular formula is C15H20BrFN2O. The summed E-state index contributed by atoms with van der Waals surface area (Å²) in [5, 5.41) is 0. The summed E-state index contributed by atoms with van der Waals surface area (Å²) in [6.45, 7) is 9.58. The van der Waals surface area contributed by atoms with Crippen molar-refractivity contribution in [3.63, 3.8) is 0 Å². The molecule has 110 valence electrons. The maximum Gasteiger partial charge on any atom is 0.255 e. The summed E-state index contributed by atoms with van der Waals surface area (Å²) >= 11 is 3.16. The van der Waals surface area contributed by atoms with Crippen molar-refractivity contribution in [2.75, 3.05) is 26.2 Å². The van der Waals surface area contributed by atoms with E-state index >= 15 is 0 Å². The summed E-state index contributed by atoms with van der Waals surface area (Å²) < 4.78 is 13.8. The molecule has 1 amide bonds. The molecule has 0 N–H and O–H groups in total. The fourth-order valence-corrected chi connectivity index (χ4v) is 2.85. The van der Waals surface area contributed by atoms with Crippen molar-refractivity contribution < 1.29 is 9.18 Å². The first-order valence-electron chi connectivity index (χ1n) is 6.79. The predicted molar refractivity (Wildman–Crippen MR) is 81.3 cm³/mol. The van der Waals surface area contributed by atoms with Crippen LogP contribution in [0.5, 0.6) is 0 Å². The predicted octanol–water partition coefficient (Wildman–Crippen LogP) is 3.14. The van der Waals surface area contributed by atoms with Gasteiger partial charge in [0.25, 0.3) is 5.91 Å². The number of carbonyl (C=O) groups excluding carboxylic acids is 1. The molecule has 0 saturated carbocycles. The number of piperazine rings is 1. The average Bonchev–Trinajstić information content (AvgIpc) is 2.40. The zero-order valence-corrected chi connectivity index (χ0v) is 13.7. The highest BCUT2D eigenvalue weighted by Crippen LogP contribution is 2.23. The molecule has 1 aromatic rings. The van der Waals surface area contributed by atoms with Gasteiger partial charge in [0, 0.05) is 31.7 Å². The molecule has 2 rings (SSSR count). The Labute approximate surface area is 127 Å². The Balaban J connectivity index is 2.07. The van der Waals surface area contributed by atoms with Crippen LogP contribution < -0.4 is 0 Å². The van der Waals surface area contributed by atoms with Gasteiger partial charge in [0.2, 0.25) is 0 Å². The van der Waals surface area contributed by atoms with E-state index in [-0.39, 0.29) is 15.9 Å². The zero-order valence-electron chi connectivity index (χ0n) is 12.1. The number of benzene rings is 1. The van der Waals surface area contributed by atoms with Crippen molar-refractivity contribution in [3.05, 3.63) is 34.1 Å². The van der Waals surface area contributed by atoms with Gasteiger partial charge in [-0.05, 0) is 48.8 Å². The monoisotopic (exact) mass is 342 g/mol. The molecule has 1 aromatic carbocycles. The molecule has 1 aliphatic rings. The minimum Gasteiger partial charge on any atom is -0.336 e. The Hall–Kier alpha value is -0.940. The normalized spacial score (nSPS) is 17.4. The van der Waals surface area contributed by atoms with Crippen molar-refractivity contribution in [2.24, 2.45) is 0 Å². The van der Waals surface area contributed by atoms with Gasteiger partial charge in [-0.1, -0.05) is 6.07 Å². The van der Waals surface area contributed by atoms with Crippen LogP contribution in [0.25, 0.3) is 0 Å². The molecule has 0 spiro atoms. The van der Waals surface area contributed by atoms with E-state index in [1.165, 1.54) is 6.07 Å². The van der Waals surface area contributed by atoms with Gasteiger partial charge in [-0.3, -0.25) is 9.69 Å². The molecule has 5 heteroatoms. The van der Waals surface area contributed by atoms with E-state index in [2.05, 4.69) is 41.6 Å². The summed E-state index contributed by atoms with van der Waals surface area (Å²) in [7, 11) is 0. The quantitative estimate of drug-likeness (QED) is 0.782. The zero-order chi connectivity index (χ0) is 14.9. The highest BCUT2D eigenvalue weighted by Gasteiger charge is 2.29. The first kappa shape index (κ1) is 15.4. The summed E-state index contributed by atoms with van der Waals surface area (Å²) in [4.78, 5) is 16.6. The van der Waals surface area contributed by atoms with E-state index in [9.17, 15) is 9.18 Å². The summed E-state index contributed by atoms with van der Waals surface area (Å²) in [6.07, 6.45) is 0. The first-order chi connectivity index (χ1) is 9.30. The standard InChI is InChI=1S/C15H20BrFN2O/c1-15(2,3)19-9-7-18(8-10-19)14(20)11-5-4-6-12(17)13(11)16/h4-6H,7-10H2,1-3H3. The molecule has 0 aliphatic carbocycles. The van der Waals surface area contributed by atoms with Gasteiger partial charge in [0.05, 0.1) is 10.0 Å². The molecule has 20 heavy (non-hydrogen) atoms. The second-order valence-corrected chi connectivity index (χ2v) is 6.84. The molecule has 1 saturated heterocycles. The minimum atomic E-state index is -0.399. The van der Waals surface area contributed by atoms with E-state index < -0.39 is 5.82 Å². The SMILES string of the molecule is CC(C)(C)N1CCN(C(=O)c2cccc(F)c2Br)CC1. The Bertz CT molecular complexity index is 505. The van der Waals surface area contributed by atoms with Crippen molar-refractivity contribution in [3.8, 4) is 0 Å². The highest BCUT2D eigenvalue weighted by atomic mass is 79.9. The fraction of sp³-hybridized carbons (Fsp3) is 0.533. The smallest absolute Gasteiger partial charge is 0.255 e. The Morgan fingerprint density at radius 1 is 1.20 bits per heavy atom. The van der Waals surface area contributed by atoms with Crippen LogP contribution in [0.3, 0.4) is 0 Å². The van der Waals surface area contributed by atoms with Crippen LogP contribution in [0, 0.1) is 5.82 Å². The summed E-state index contributed by atoms with van der Waals surface area (Å²) in [5.74, 6) is -0.505. The Morgan fingerprint density at radius 2 is 1.80 bits per heavy atom. The Kier molecular flexibility index (Phi) is 4.49. The molecule has 1 heterocycles. The number of halogens is 2. The third-order valence-electron chi connectivity index (χ3n) is 3.70. The largest absolute Gasteiger partial charge is 0.336 e. The minimum absolute atomic E-state index is 0.107. The van der Waals surface area contributed by atoms with Crippen LogP contribution in [0.2, 0.25) is 0 Å². The van der Waals surface area contributed by atoms with Crippen molar-refractivity contribution in [2.45, 2.75) is 26.3 Å². The van der Waals surface area contributed by atoms with E-state index in [4.69, 9.17) is 0 Å². The topological polar surface area (TPSA) is 23.6 Å². The number of nitrogens with zero attached hydrogens (tertiary/aromatic N) is 2. The molecule has 0 aromatic heterocycles. The van der Waals surface area contributed by atoms with Gasteiger partial charge in [0.15, 0.2) is 0 Å². The molecule has 0 bridgehead atoms. The molecule has 1 fully saturated rings. The van der Waals surface area contributed by atoms with Crippen LogP contribution in [-0.4, -0.2) is 47.4 Å². The van der Waals surface area contributed by atoms with Gasteiger partial charge in [-0.15, -0.1) is 0 Å². The lowest BCUT2D eigenvalue weighted by Crippen LogP contribution is -2.54. The Morgan fingerprint density at radius 3 is 2.35 bits per heavy atom. The molecular weight excluding hydrogens is 323 g/mol. The van der Waals surface area contributed by atoms with Crippen LogP contribution in [-0.2, 0) is 0 Å². The van der Waals surface area contributed by atoms with Gasteiger partial charge < -0.3 is 4.90 Å². The van der Waals surface area contributed by atoms with E-state index in [1.807, 2.05) is 0 Å². The van der Waals surface area contributed by atoms with Crippen molar-refractivity contribution in [1.29, 1.82) is 0 Å². The van der Waals surface area contributed by atoms with Crippen molar-refractivity contribution in [1.82, 2.24) is 9.80 Å². The average molecular weight is 343 g/mol. The van der Waals surface area contributed by atoms with Crippen LogP contribution in [0.1, 0.15) is 31.1 Å². The van der Waals surface area contributed by atoms with Gasteiger partial charge in [-0.2, -0.15) is 0 Å². The van der Waals surface area contributed by atoms with Crippen LogP contribution in [0.15, 0.2) is 22.7 Å². The fourth-order valence-electron chi connectivity index (χ4n) is 2.42. The first-order valence-corrected chi connectivity index (χ1v) is 7.58. The second kappa shape index (κ2) is 5.82. The lowest BCUT2D eigenvalue weighted by molar-refractivity contribution is 0.0450. The number of rotatable bonds is 1.